The molecule has 0 unspecified atom stereocenters. The highest BCUT2D eigenvalue weighted by atomic mass is 79.9. The molecule has 0 aromatic heterocycles. The van der Waals surface area contributed by atoms with Gasteiger partial charge in [0.25, 0.3) is 11.8 Å². The molecule has 2 aromatic carbocycles. The third kappa shape index (κ3) is 7.26. The number of carbonyl (C=O) groups is 2. The van der Waals surface area contributed by atoms with Gasteiger partial charge in [-0.3, -0.25) is 25.8 Å². The smallest absolute Gasteiger partial charge is 0.276 e. The van der Waals surface area contributed by atoms with E-state index in [4.69, 9.17) is 21.7 Å². The van der Waals surface area contributed by atoms with E-state index in [2.05, 4.69) is 55.0 Å². The number of amides is 2. The van der Waals surface area contributed by atoms with E-state index in [9.17, 15) is 9.59 Å². The van der Waals surface area contributed by atoms with Gasteiger partial charge in [-0.25, -0.2) is 0 Å². The lowest BCUT2D eigenvalue weighted by atomic mass is 10.2. The summed E-state index contributed by atoms with van der Waals surface area (Å²) in [6, 6.07) is 10.7. The molecule has 0 saturated heterocycles. The first-order valence-electron chi connectivity index (χ1n) is 9.07. The molecule has 0 aliphatic heterocycles. The Labute approximate surface area is 197 Å². The minimum absolute atomic E-state index is 0.0655. The quantitative estimate of drug-likeness (QED) is 0.353. The van der Waals surface area contributed by atoms with Gasteiger partial charge >= 0.3 is 0 Å². The monoisotopic (exact) mass is 557 g/mol. The Morgan fingerprint density at radius 2 is 1.73 bits per heavy atom. The maximum atomic E-state index is 12.5. The molecule has 0 atom stereocenters. The van der Waals surface area contributed by atoms with Gasteiger partial charge in [-0.05, 0) is 77.4 Å². The van der Waals surface area contributed by atoms with Crippen LogP contribution in [-0.4, -0.2) is 30.1 Å². The minimum atomic E-state index is -0.470. The first-order chi connectivity index (χ1) is 14.3. The normalized spacial score (nSPS) is 10.1. The fraction of sp³-hybridized carbons (Fsp3) is 0.250. The summed E-state index contributed by atoms with van der Waals surface area (Å²) in [6.45, 7) is 4.06. The van der Waals surface area contributed by atoms with Crippen LogP contribution in [0.2, 0.25) is 0 Å². The van der Waals surface area contributed by atoms with Crippen LogP contribution in [0, 0.1) is 0 Å². The van der Waals surface area contributed by atoms with E-state index in [1.54, 1.807) is 24.3 Å². The number of ether oxygens (including phenoxy) is 2. The molecule has 0 fully saturated rings. The van der Waals surface area contributed by atoms with Gasteiger partial charge < -0.3 is 9.47 Å². The molecule has 0 radical (unpaired) electrons. The molecule has 0 bridgehead atoms. The Balaban J connectivity index is 1.83. The maximum Gasteiger partial charge on any atom is 0.276 e. The first kappa shape index (κ1) is 24.1. The second kappa shape index (κ2) is 11.9. The number of carbonyl (C=O) groups excluding carboxylic acids is 2. The maximum absolute atomic E-state index is 12.5. The van der Waals surface area contributed by atoms with Crippen molar-refractivity contribution in [3.8, 4) is 11.5 Å². The van der Waals surface area contributed by atoms with Gasteiger partial charge in [-0.2, -0.15) is 0 Å². The molecule has 2 rings (SSSR count). The third-order valence-corrected chi connectivity index (χ3v) is 5.11. The van der Waals surface area contributed by atoms with E-state index in [0.717, 1.165) is 20.9 Å². The Bertz CT molecular complexity index is 940. The molecule has 0 aliphatic carbocycles. The largest absolute Gasteiger partial charge is 0.493 e. The lowest BCUT2D eigenvalue weighted by molar-refractivity contribution is -0.123. The van der Waals surface area contributed by atoms with Crippen molar-refractivity contribution >= 4 is 61.0 Å². The number of hydrogen-bond acceptors (Lipinski definition) is 5. The van der Waals surface area contributed by atoms with Crippen LogP contribution in [0.25, 0.3) is 0 Å². The van der Waals surface area contributed by atoms with E-state index in [0.29, 0.717) is 23.7 Å². The third-order valence-electron chi connectivity index (χ3n) is 3.79. The Morgan fingerprint density at radius 1 is 1.00 bits per heavy atom. The van der Waals surface area contributed by atoms with Gasteiger partial charge in [0.05, 0.1) is 16.6 Å². The molecule has 0 saturated carbocycles. The fourth-order valence-corrected chi connectivity index (χ4v) is 3.40. The van der Waals surface area contributed by atoms with E-state index in [1.165, 1.54) is 0 Å². The Morgan fingerprint density at radius 3 is 2.40 bits per heavy atom. The van der Waals surface area contributed by atoms with Crippen LogP contribution < -0.4 is 25.6 Å². The average molecular weight is 559 g/mol. The molecule has 0 aliphatic rings. The van der Waals surface area contributed by atoms with E-state index in [-0.39, 0.29) is 11.7 Å². The molecule has 2 amide bonds. The zero-order chi connectivity index (χ0) is 22.1. The predicted octanol–water partition coefficient (Wildman–Crippen LogP) is 3.89. The molecule has 7 nitrogen and oxygen atoms in total. The van der Waals surface area contributed by atoms with Crippen molar-refractivity contribution in [3.63, 3.8) is 0 Å². The zero-order valence-electron chi connectivity index (χ0n) is 16.4. The topological polar surface area (TPSA) is 88.7 Å². The van der Waals surface area contributed by atoms with Gasteiger partial charge in [0, 0.05) is 4.47 Å². The van der Waals surface area contributed by atoms with Gasteiger partial charge in [0.1, 0.15) is 11.5 Å². The van der Waals surface area contributed by atoms with Crippen LogP contribution in [0.4, 0.5) is 0 Å². The molecule has 3 N–H and O–H groups in total. The van der Waals surface area contributed by atoms with Crippen molar-refractivity contribution < 1.29 is 19.1 Å². The highest BCUT2D eigenvalue weighted by Gasteiger charge is 2.15. The van der Waals surface area contributed by atoms with E-state index >= 15 is 0 Å². The van der Waals surface area contributed by atoms with Crippen LogP contribution in [0.3, 0.4) is 0 Å². The van der Waals surface area contributed by atoms with Crippen molar-refractivity contribution in [2.75, 3.05) is 13.2 Å². The highest BCUT2D eigenvalue weighted by molar-refractivity contribution is 9.10. The molecule has 0 spiro atoms. The summed E-state index contributed by atoms with van der Waals surface area (Å²) in [7, 11) is 0. The summed E-state index contributed by atoms with van der Waals surface area (Å²) in [5.41, 5.74) is 6.31. The Kier molecular flexibility index (Phi) is 9.54. The van der Waals surface area contributed by atoms with E-state index in [1.807, 2.05) is 19.1 Å². The molecule has 2 aromatic rings. The van der Waals surface area contributed by atoms with Crippen LogP contribution in [0.15, 0.2) is 45.3 Å². The fourth-order valence-electron chi connectivity index (χ4n) is 2.35. The van der Waals surface area contributed by atoms with Crippen molar-refractivity contribution in [2.24, 2.45) is 0 Å². The van der Waals surface area contributed by atoms with Crippen LogP contribution in [0.1, 0.15) is 29.8 Å². The predicted molar refractivity (Wildman–Crippen MR) is 126 cm³/mol. The molecule has 10 heteroatoms. The minimum Gasteiger partial charge on any atom is -0.493 e. The standard InChI is InChI=1S/C20H21Br2N3O4S/c1-3-12-5-7-17(15(22)9-12)29-11-18(26)24-25-20(30)23-19(27)14-10-13(21)6-8-16(14)28-4-2/h5-10H,3-4,11H2,1-2H3,(H,24,26)(H2,23,25,27,30). The van der Waals surface area contributed by atoms with Crippen LogP contribution in [0.5, 0.6) is 11.5 Å². The second-order valence-electron chi connectivity index (χ2n) is 5.94. The molecular weight excluding hydrogens is 538 g/mol. The zero-order valence-corrected chi connectivity index (χ0v) is 20.4. The number of hydrogen-bond donors (Lipinski definition) is 3. The summed E-state index contributed by atoms with van der Waals surface area (Å²) >= 11 is 11.8. The van der Waals surface area contributed by atoms with E-state index < -0.39 is 11.8 Å². The number of rotatable bonds is 7. The number of hydrazine groups is 1. The summed E-state index contributed by atoms with van der Waals surface area (Å²) in [6.07, 6.45) is 0.901. The van der Waals surface area contributed by atoms with Gasteiger partial charge in [-0.15, -0.1) is 0 Å². The average Bonchev–Trinajstić information content (AvgIpc) is 2.72. The number of halogens is 2. The van der Waals surface area contributed by atoms with Crippen molar-refractivity contribution in [3.05, 3.63) is 56.5 Å². The SMILES string of the molecule is CCOc1ccc(Br)cc1C(=O)NC(=S)NNC(=O)COc1ccc(CC)cc1Br. The van der Waals surface area contributed by atoms with Gasteiger partial charge in [-0.1, -0.05) is 28.9 Å². The number of thiocarbonyl (C=S) groups is 1. The summed E-state index contributed by atoms with van der Waals surface area (Å²) in [4.78, 5) is 24.4. The van der Waals surface area contributed by atoms with Gasteiger partial charge in [0.15, 0.2) is 11.7 Å². The summed E-state index contributed by atoms with van der Waals surface area (Å²) in [5, 5.41) is 2.43. The van der Waals surface area contributed by atoms with Crippen LogP contribution in [-0.2, 0) is 11.2 Å². The van der Waals surface area contributed by atoms with Crippen molar-refractivity contribution in [1.29, 1.82) is 0 Å². The second-order valence-corrected chi connectivity index (χ2v) is 8.12. The highest BCUT2D eigenvalue weighted by Crippen LogP contribution is 2.26. The number of benzene rings is 2. The lowest BCUT2D eigenvalue weighted by Crippen LogP contribution is -2.49. The summed E-state index contributed by atoms with van der Waals surface area (Å²) < 4.78 is 12.4. The molecular formula is C20H21Br2N3O4S. The number of nitrogens with one attached hydrogen (secondary N) is 3. The van der Waals surface area contributed by atoms with Crippen molar-refractivity contribution in [2.45, 2.75) is 20.3 Å². The summed E-state index contributed by atoms with van der Waals surface area (Å²) in [5.74, 6) is 0.0488. The molecule has 0 heterocycles. The molecule has 160 valence electrons. The first-order valence-corrected chi connectivity index (χ1v) is 11.1. The number of aryl methyl sites for hydroxylation is 1. The Hall–Kier alpha value is -2.17. The van der Waals surface area contributed by atoms with Crippen molar-refractivity contribution in [1.82, 2.24) is 16.2 Å². The lowest BCUT2D eigenvalue weighted by Gasteiger charge is -2.14. The molecule has 30 heavy (non-hydrogen) atoms. The van der Waals surface area contributed by atoms with Crippen LogP contribution >= 0.6 is 44.1 Å². The van der Waals surface area contributed by atoms with Gasteiger partial charge in [0.2, 0.25) is 0 Å².